The maximum Gasteiger partial charge on any atom is 0.293 e. The number of fused-ring (bicyclic) bond motifs is 1. The van der Waals surface area contributed by atoms with Crippen LogP contribution in [-0.2, 0) is 24.3 Å². The molecule has 8 nitrogen and oxygen atoms in total. The van der Waals surface area contributed by atoms with Crippen molar-refractivity contribution in [1.29, 1.82) is 0 Å². The third kappa shape index (κ3) is 5.23. The van der Waals surface area contributed by atoms with Gasteiger partial charge in [-0.25, -0.2) is 9.20 Å². The molecular weight excluding hydrogens is 452 g/mol. The molecule has 2 aromatic carbocycles. The Morgan fingerprint density at radius 3 is 2.42 bits per heavy atom. The number of nitrogens with zero attached hydrogens (tertiary/aromatic N) is 5. The first-order valence-electron chi connectivity index (χ1n) is 12.6. The molecule has 186 valence electrons. The van der Waals surface area contributed by atoms with E-state index in [9.17, 15) is 9.59 Å². The summed E-state index contributed by atoms with van der Waals surface area (Å²) in [5.74, 6) is 0.368. The fourth-order valence-electron chi connectivity index (χ4n) is 4.82. The minimum atomic E-state index is -0.322. The van der Waals surface area contributed by atoms with Gasteiger partial charge in [-0.3, -0.25) is 14.5 Å². The van der Waals surface area contributed by atoms with Crippen LogP contribution in [0, 0.1) is 6.92 Å². The van der Waals surface area contributed by atoms with Crippen LogP contribution in [0.3, 0.4) is 0 Å². The number of carbonyl (C=O) groups is 1. The molecule has 1 saturated heterocycles. The van der Waals surface area contributed by atoms with Crippen LogP contribution in [0.1, 0.15) is 36.7 Å². The summed E-state index contributed by atoms with van der Waals surface area (Å²) in [5.41, 5.74) is 4.30. The van der Waals surface area contributed by atoms with E-state index in [2.05, 4.69) is 63.7 Å². The number of aromatic nitrogens is 4. The zero-order valence-electron chi connectivity index (χ0n) is 20.9. The molecule has 5 rings (SSSR count). The fourth-order valence-corrected chi connectivity index (χ4v) is 4.82. The molecular formula is C28H32N6O2. The van der Waals surface area contributed by atoms with Crippen molar-refractivity contribution in [1.82, 2.24) is 29.6 Å². The minimum Gasteiger partial charge on any atom is -0.352 e. The van der Waals surface area contributed by atoms with Gasteiger partial charge in [0, 0.05) is 31.2 Å². The lowest BCUT2D eigenvalue weighted by atomic mass is 10.0. The number of piperidine rings is 1. The minimum absolute atomic E-state index is 0.105. The van der Waals surface area contributed by atoms with Crippen LogP contribution < -0.4 is 10.9 Å². The van der Waals surface area contributed by atoms with E-state index in [1.54, 1.807) is 17.5 Å². The van der Waals surface area contributed by atoms with Crippen molar-refractivity contribution >= 4 is 11.4 Å². The smallest absolute Gasteiger partial charge is 0.293 e. The first kappa shape index (κ1) is 23.9. The van der Waals surface area contributed by atoms with E-state index < -0.39 is 0 Å². The molecule has 0 aliphatic carbocycles. The van der Waals surface area contributed by atoms with Crippen molar-refractivity contribution in [2.45, 2.75) is 52.2 Å². The van der Waals surface area contributed by atoms with Gasteiger partial charge in [0.2, 0.25) is 5.91 Å². The number of amides is 1. The second kappa shape index (κ2) is 10.5. The van der Waals surface area contributed by atoms with E-state index in [1.807, 2.05) is 18.2 Å². The van der Waals surface area contributed by atoms with Crippen LogP contribution in [0.25, 0.3) is 16.8 Å². The summed E-state index contributed by atoms with van der Waals surface area (Å²) >= 11 is 0. The molecule has 0 spiro atoms. The van der Waals surface area contributed by atoms with E-state index >= 15 is 0 Å². The topological polar surface area (TPSA) is 84.5 Å². The van der Waals surface area contributed by atoms with Gasteiger partial charge in [-0.2, -0.15) is 10.2 Å². The average molecular weight is 485 g/mol. The summed E-state index contributed by atoms with van der Waals surface area (Å²) in [6.45, 7) is 6.59. The molecule has 0 unspecified atom stereocenters. The van der Waals surface area contributed by atoms with Crippen LogP contribution in [0.5, 0.6) is 0 Å². The summed E-state index contributed by atoms with van der Waals surface area (Å²) in [6, 6.07) is 20.5. The molecule has 0 bridgehead atoms. The molecule has 1 fully saturated rings. The van der Waals surface area contributed by atoms with Crippen molar-refractivity contribution < 1.29 is 4.79 Å². The lowest BCUT2D eigenvalue weighted by molar-refractivity contribution is -0.123. The van der Waals surface area contributed by atoms with Crippen LogP contribution in [0.15, 0.2) is 65.5 Å². The van der Waals surface area contributed by atoms with Gasteiger partial charge in [-0.1, -0.05) is 61.5 Å². The summed E-state index contributed by atoms with van der Waals surface area (Å²) < 4.78 is 2.80. The highest BCUT2D eigenvalue weighted by Gasteiger charge is 2.22. The molecule has 8 heteroatoms. The van der Waals surface area contributed by atoms with Gasteiger partial charge in [-0.15, -0.1) is 0 Å². The largest absolute Gasteiger partial charge is 0.352 e. The van der Waals surface area contributed by atoms with Gasteiger partial charge in [0.1, 0.15) is 17.9 Å². The van der Waals surface area contributed by atoms with E-state index in [0.29, 0.717) is 17.0 Å². The van der Waals surface area contributed by atoms with Crippen LogP contribution in [0.2, 0.25) is 0 Å². The average Bonchev–Trinajstić information content (AvgIpc) is 3.35. The summed E-state index contributed by atoms with van der Waals surface area (Å²) in [4.78, 5) is 28.3. The molecule has 0 saturated carbocycles. The first-order valence-corrected chi connectivity index (χ1v) is 12.6. The van der Waals surface area contributed by atoms with Gasteiger partial charge in [0.15, 0.2) is 0 Å². The highest BCUT2D eigenvalue weighted by molar-refractivity contribution is 5.76. The maximum absolute atomic E-state index is 13.1. The predicted octanol–water partition coefficient (Wildman–Crippen LogP) is 3.21. The van der Waals surface area contributed by atoms with Crippen molar-refractivity contribution in [2.24, 2.45) is 0 Å². The highest BCUT2D eigenvalue weighted by Crippen LogP contribution is 2.20. The van der Waals surface area contributed by atoms with Gasteiger partial charge in [0.05, 0.1) is 5.69 Å². The summed E-state index contributed by atoms with van der Waals surface area (Å²) in [7, 11) is 0. The van der Waals surface area contributed by atoms with E-state index in [1.165, 1.54) is 15.8 Å². The number of carbonyl (C=O) groups excluding carboxylic acids is 1. The zero-order valence-corrected chi connectivity index (χ0v) is 20.9. The number of nitrogens with one attached hydrogen (secondary N) is 1. The molecule has 0 radical (unpaired) electrons. The van der Waals surface area contributed by atoms with Crippen molar-refractivity contribution in [2.75, 3.05) is 13.1 Å². The lowest BCUT2D eigenvalue weighted by Gasteiger charge is -2.32. The molecule has 0 atom stereocenters. The quantitative estimate of drug-likeness (QED) is 0.436. The second-order valence-corrected chi connectivity index (χ2v) is 9.49. The van der Waals surface area contributed by atoms with E-state index in [0.717, 1.165) is 44.5 Å². The van der Waals surface area contributed by atoms with Crippen molar-refractivity contribution in [3.63, 3.8) is 0 Å². The fraction of sp³-hybridized carbons (Fsp3) is 0.357. The first-order chi connectivity index (χ1) is 17.5. The molecule has 3 heterocycles. The number of hydrogen-bond acceptors (Lipinski definition) is 5. The Balaban J connectivity index is 1.23. The summed E-state index contributed by atoms with van der Waals surface area (Å²) in [6.07, 6.45) is 2.75. The molecule has 4 aromatic rings. The highest BCUT2D eigenvalue weighted by atomic mass is 16.2. The van der Waals surface area contributed by atoms with Crippen LogP contribution in [-0.4, -0.2) is 49.3 Å². The lowest BCUT2D eigenvalue weighted by Crippen LogP contribution is -2.46. The van der Waals surface area contributed by atoms with Crippen LogP contribution >= 0.6 is 0 Å². The van der Waals surface area contributed by atoms with Crippen molar-refractivity contribution in [3.8, 4) is 11.3 Å². The molecule has 1 amide bonds. The van der Waals surface area contributed by atoms with E-state index in [4.69, 9.17) is 0 Å². The Hall–Kier alpha value is -3.78. The second-order valence-electron chi connectivity index (χ2n) is 9.49. The van der Waals surface area contributed by atoms with Gasteiger partial charge >= 0.3 is 0 Å². The third-order valence-electron chi connectivity index (χ3n) is 6.89. The van der Waals surface area contributed by atoms with Gasteiger partial charge < -0.3 is 5.32 Å². The third-order valence-corrected chi connectivity index (χ3v) is 6.89. The van der Waals surface area contributed by atoms with Gasteiger partial charge in [-0.05, 0) is 43.4 Å². The monoisotopic (exact) mass is 484 g/mol. The Morgan fingerprint density at radius 2 is 1.72 bits per heavy atom. The Labute approximate surface area is 210 Å². The SMILES string of the molecule is CCc1ccc(-c2cc3c(=O)n(CC(=O)NC4CCN(Cc5ccccc5)CC4)nc(C)n3n2)cc1. The number of hydrogen-bond donors (Lipinski definition) is 1. The van der Waals surface area contributed by atoms with Crippen molar-refractivity contribution in [3.05, 3.63) is 88.0 Å². The molecule has 36 heavy (non-hydrogen) atoms. The molecule has 2 aromatic heterocycles. The Bertz CT molecular complexity index is 1400. The van der Waals surface area contributed by atoms with Gasteiger partial charge in [0.25, 0.3) is 5.56 Å². The molecule has 1 N–H and O–H groups in total. The Kier molecular flexibility index (Phi) is 6.95. The molecule has 1 aliphatic rings. The number of benzene rings is 2. The maximum atomic E-state index is 13.1. The zero-order chi connectivity index (χ0) is 25.1. The number of likely N-dealkylation sites (tertiary alicyclic amines) is 1. The Morgan fingerprint density at radius 1 is 1.00 bits per heavy atom. The number of rotatable bonds is 7. The standard InChI is InChI=1S/C28H32N6O2/c1-3-21-9-11-23(12-10-21)25-17-26-28(36)33(30-20(2)34(26)31-25)19-27(35)29-24-13-15-32(16-14-24)18-22-7-5-4-6-8-22/h4-12,17,24H,3,13-16,18-19H2,1-2H3,(H,29,35). The number of aryl methyl sites for hydroxylation is 2. The van der Waals surface area contributed by atoms with E-state index in [-0.39, 0.29) is 24.1 Å². The molecule has 1 aliphatic heterocycles. The van der Waals surface area contributed by atoms with Crippen LogP contribution in [0.4, 0.5) is 0 Å². The normalized spacial score (nSPS) is 14.8. The predicted molar refractivity (Wildman–Crippen MR) is 140 cm³/mol. The summed E-state index contributed by atoms with van der Waals surface area (Å²) in [5, 5.41) is 12.0.